The van der Waals surface area contributed by atoms with Crippen LogP contribution in [-0.2, 0) is 9.53 Å². The summed E-state index contributed by atoms with van der Waals surface area (Å²) in [5.74, 6) is -0.940. The molecular weight excluding hydrogens is 144 g/mol. The van der Waals surface area contributed by atoms with Crippen molar-refractivity contribution in [3.63, 3.8) is 0 Å². The molecular formula is C8H14O3. The maximum absolute atomic E-state index is 10.4. The van der Waals surface area contributed by atoms with Gasteiger partial charge < -0.3 is 9.84 Å². The molecule has 0 bridgehead atoms. The Bertz CT molecular complexity index is 155. The molecule has 0 aromatic rings. The van der Waals surface area contributed by atoms with Crippen molar-refractivity contribution in [3.05, 3.63) is 0 Å². The molecule has 11 heavy (non-hydrogen) atoms. The minimum Gasteiger partial charge on any atom is -0.481 e. The normalized spacial score (nSPS) is 31.5. The highest BCUT2D eigenvalue weighted by Crippen LogP contribution is 2.27. The van der Waals surface area contributed by atoms with E-state index in [4.69, 9.17) is 9.84 Å². The average Bonchev–Trinajstić information content (AvgIpc) is 2.61. The summed E-state index contributed by atoms with van der Waals surface area (Å²) in [5, 5.41) is 8.54. The van der Waals surface area contributed by atoms with Crippen molar-refractivity contribution < 1.29 is 14.6 Å². The van der Waals surface area contributed by atoms with Crippen LogP contribution in [0.3, 0.4) is 0 Å². The summed E-state index contributed by atoms with van der Waals surface area (Å²) in [4.78, 5) is 10.4. The van der Waals surface area contributed by atoms with Gasteiger partial charge in [0.1, 0.15) is 0 Å². The van der Waals surface area contributed by atoms with Crippen molar-refractivity contribution in [3.8, 4) is 0 Å². The van der Waals surface area contributed by atoms with Crippen molar-refractivity contribution in [2.75, 3.05) is 0 Å². The molecule has 3 atom stereocenters. The Labute approximate surface area is 66.4 Å². The highest BCUT2D eigenvalue weighted by atomic mass is 16.6. The molecule has 1 aliphatic rings. The molecule has 0 aromatic heterocycles. The molecule has 0 aromatic carbocycles. The summed E-state index contributed by atoms with van der Waals surface area (Å²) in [6.45, 7) is 3.74. The van der Waals surface area contributed by atoms with E-state index in [1.54, 1.807) is 6.92 Å². The number of aliphatic carboxylic acids is 1. The summed E-state index contributed by atoms with van der Waals surface area (Å²) < 4.78 is 5.15. The fourth-order valence-corrected chi connectivity index (χ4v) is 1.07. The van der Waals surface area contributed by atoms with Gasteiger partial charge in [0.2, 0.25) is 0 Å². The smallest absolute Gasteiger partial charge is 0.306 e. The maximum atomic E-state index is 10.4. The van der Waals surface area contributed by atoms with E-state index in [1.165, 1.54) is 0 Å². The topological polar surface area (TPSA) is 49.8 Å². The Morgan fingerprint density at radius 3 is 2.64 bits per heavy atom. The van der Waals surface area contributed by atoms with Crippen molar-refractivity contribution in [2.45, 2.75) is 38.9 Å². The van der Waals surface area contributed by atoms with Crippen LogP contribution in [0.15, 0.2) is 0 Å². The van der Waals surface area contributed by atoms with Gasteiger partial charge in [0.15, 0.2) is 0 Å². The summed E-state index contributed by atoms with van der Waals surface area (Å²) in [6, 6.07) is 0. The zero-order valence-electron chi connectivity index (χ0n) is 6.91. The number of hydrogen-bond acceptors (Lipinski definition) is 2. The molecule has 1 N–H and O–H groups in total. The molecule has 1 aliphatic heterocycles. The fourth-order valence-electron chi connectivity index (χ4n) is 1.07. The van der Waals surface area contributed by atoms with Crippen molar-refractivity contribution in [2.24, 2.45) is 5.92 Å². The van der Waals surface area contributed by atoms with E-state index < -0.39 is 5.97 Å². The standard InChI is InChI=1S/C8H14O3/c1-5(8(9)10)3-4-7-6(2)11-7/h5-7H,3-4H2,1-2H3,(H,9,10). The van der Waals surface area contributed by atoms with Gasteiger partial charge in [-0.1, -0.05) is 6.92 Å². The summed E-state index contributed by atoms with van der Waals surface area (Å²) >= 11 is 0. The van der Waals surface area contributed by atoms with Crippen molar-refractivity contribution in [1.29, 1.82) is 0 Å². The predicted octanol–water partition coefficient (Wildman–Crippen LogP) is 1.27. The SMILES string of the molecule is CC(CCC1OC1C)C(=O)O. The van der Waals surface area contributed by atoms with Crippen LogP contribution >= 0.6 is 0 Å². The zero-order valence-corrected chi connectivity index (χ0v) is 6.91. The quantitative estimate of drug-likeness (QED) is 0.627. The molecule has 3 unspecified atom stereocenters. The lowest BCUT2D eigenvalue weighted by molar-refractivity contribution is -0.141. The highest BCUT2D eigenvalue weighted by Gasteiger charge is 2.34. The van der Waals surface area contributed by atoms with Gasteiger partial charge in [-0.15, -0.1) is 0 Å². The number of rotatable bonds is 4. The molecule has 64 valence electrons. The van der Waals surface area contributed by atoms with Gasteiger partial charge in [-0.3, -0.25) is 4.79 Å². The summed E-state index contributed by atoms with van der Waals surface area (Å²) in [5.41, 5.74) is 0. The minimum absolute atomic E-state index is 0.230. The van der Waals surface area contributed by atoms with Gasteiger partial charge in [0, 0.05) is 0 Å². The largest absolute Gasteiger partial charge is 0.481 e. The zero-order chi connectivity index (χ0) is 8.43. The first-order valence-electron chi connectivity index (χ1n) is 3.99. The van der Waals surface area contributed by atoms with Gasteiger partial charge in [0.25, 0.3) is 0 Å². The first-order valence-corrected chi connectivity index (χ1v) is 3.99. The number of carboxylic acid groups (broad SMARTS) is 1. The van der Waals surface area contributed by atoms with Crippen LogP contribution in [0.5, 0.6) is 0 Å². The van der Waals surface area contributed by atoms with E-state index in [0.29, 0.717) is 12.2 Å². The number of hydrogen-bond donors (Lipinski definition) is 1. The molecule has 0 spiro atoms. The molecule has 3 heteroatoms. The third kappa shape index (κ3) is 2.50. The van der Waals surface area contributed by atoms with E-state index >= 15 is 0 Å². The maximum Gasteiger partial charge on any atom is 0.306 e. The first-order chi connectivity index (χ1) is 5.11. The van der Waals surface area contributed by atoms with Crippen molar-refractivity contribution in [1.82, 2.24) is 0 Å². The van der Waals surface area contributed by atoms with Crippen LogP contribution in [0.25, 0.3) is 0 Å². The second-order valence-corrected chi connectivity index (χ2v) is 3.20. The van der Waals surface area contributed by atoms with Gasteiger partial charge >= 0.3 is 5.97 Å². The first kappa shape index (κ1) is 8.53. The van der Waals surface area contributed by atoms with Crippen LogP contribution in [0.2, 0.25) is 0 Å². The minimum atomic E-state index is -0.710. The molecule has 0 radical (unpaired) electrons. The Kier molecular flexibility index (Phi) is 2.49. The molecule has 0 saturated carbocycles. The third-order valence-electron chi connectivity index (χ3n) is 2.14. The third-order valence-corrected chi connectivity index (χ3v) is 2.14. The summed E-state index contributed by atoms with van der Waals surface area (Å²) in [6.07, 6.45) is 2.30. The molecule has 0 amide bonds. The van der Waals surface area contributed by atoms with Gasteiger partial charge in [-0.2, -0.15) is 0 Å². The molecule has 1 fully saturated rings. The van der Waals surface area contributed by atoms with Gasteiger partial charge in [-0.05, 0) is 19.8 Å². The lowest BCUT2D eigenvalue weighted by atomic mass is 10.0. The Hall–Kier alpha value is -0.570. The average molecular weight is 158 g/mol. The Morgan fingerprint density at radius 1 is 1.73 bits per heavy atom. The van der Waals surface area contributed by atoms with Crippen LogP contribution in [-0.4, -0.2) is 23.3 Å². The van der Waals surface area contributed by atoms with E-state index in [2.05, 4.69) is 0 Å². The molecule has 1 heterocycles. The second kappa shape index (κ2) is 3.22. The fraction of sp³-hybridized carbons (Fsp3) is 0.875. The monoisotopic (exact) mass is 158 g/mol. The number of carbonyl (C=O) groups is 1. The van der Waals surface area contributed by atoms with Crippen LogP contribution in [0.4, 0.5) is 0 Å². The van der Waals surface area contributed by atoms with E-state index in [9.17, 15) is 4.79 Å². The van der Waals surface area contributed by atoms with E-state index in [1.807, 2.05) is 6.92 Å². The van der Waals surface area contributed by atoms with Gasteiger partial charge in [-0.25, -0.2) is 0 Å². The lowest BCUT2D eigenvalue weighted by Gasteiger charge is -2.02. The number of epoxide rings is 1. The number of ether oxygens (including phenoxy) is 1. The van der Waals surface area contributed by atoms with Crippen LogP contribution < -0.4 is 0 Å². The van der Waals surface area contributed by atoms with Crippen LogP contribution in [0.1, 0.15) is 26.7 Å². The second-order valence-electron chi connectivity index (χ2n) is 3.20. The van der Waals surface area contributed by atoms with E-state index in [-0.39, 0.29) is 5.92 Å². The molecule has 1 rings (SSSR count). The number of carboxylic acids is 1. The van der Waals surface area contributed by atoms with E-state index in [0.717, 1.165) is 12.8 Å². The Morgan fingerprint density at radius 2 is 2.27 bits per heavy atom. The van der Waals surface area contributed by atoms with Gasteiger partial charge in [0.05, 0.1) is 18.1 Å². The Balaban J connectivity index is 2.07. The van der Waals surface area contributed by atoms with Crippen LogP contribution in [0, 0.1) is 5.92 Å². The molecule has 0 aliphatic carbocycles. The molecule has 3 nitrogen and oxygen atoms in total. The predicted molar refractivity (Wildman–Crippen MR) is 40.4 cm³/mol. The lowest BCUT2D eigenvalue weighted by Crippen LogP contribution is -2.10. The van der Waals surface area contributed by atoms with Crippen molar-refractivity contribution >= 4 is 5.97 Å². The summed E-state index contributed by atoms with van der Waals surface area (Å²) in [7, 11) is 0. The highest BCUT2D eigenvalue weighted by molar-refractivity contribution is 5.69. The molecule has 1 saturated heterocycles.